The molecule has 3 aromatic rings. The Labute approximate surface area is 150 Å². The van der Waals surface area contributed by atoms with Crippen molar-refractivity contribution in [1.29, 1.82) is 0 Å². The van der Waals surface area contributed by atoms with Crippen LogP contribution in [0.4, 0.5) is 5.69 Å². The number of hydrogen-bond donors (Lipinski definition) is 2. The SMILES string of the molecule is CC(=O)N1C=Cc2ccccc2[C@H]1CC(=O)Nc1cccc2cn[nH]c12. The third-order valence-corrected chi connectivity index (χ3v) is 4.60. The van der Waals surface area contributed by atoms with Crippen LogP contribution in [0.1, 0.15) is 30.5 Å². The first kappa shape index (κ1) is 16.1. The molecule has 1 aliphatic heterocycles. The predicted octanol–water partition coefficient (Wildman–Crippen LogP) is 3.47. The van der Waals surface area contributed by atoms with Crippen LogP contribution in [0.3, 0.4) is 0 Å². The number of benzene rings is 2. The number of carbonyl (C=O) groups is 2. The van der Waals surface area contributed by atoms with Crippen LogP contribution in [-0.4, -0.2) is 26.9 Å². The molecule has 130 valence electrons. The van der Waals surface area contributed by atoms with Crippen LogP contribution < -0.4 is 5.32 Å². The minimum atomic E-state index is -0.324. The maximum absolute atomic E-state index is 12.7. The Morgan fingerprint density at radius 2 is 2.04 bits per heavy atom. The highest BCUT2D eigenvalue weighted by molar-refractivity contribution is 6.00. The summed E-state index contributed by atoms with van der Waals surface area (Å²) in [7, 11) is 0. The van der Waals surface area contributed by atoms with Gasteiger partial charge >= 0.3 is 0 Å². The van der Waals surface area contributed by atoms with Crippen LogP contribution in [0.15, 0.2) is 54.9 Å². The number of carbonyl (C=O) groups excluding carboxylic acids is 2. The number of nitrogens with zero attached hydrogens (tertiary/aromatic N) is 2. The summed E-state index contributed by atoms with van der Waals surface area (Å²) in [5.74, 6) is -0.252. The first-order valence-corrected chi connectivity index (χ1v) is 8.41. The molecule has 0 bridgehead atoms. The van der Waals surface area contributed by atoms with E-state index in [4.69, 9.17) is 0 Å². The quantitative estimate of drug-likeness (QED) is 0.762. The van der Waals surface area contributed by atoms with Crippen LogP contribution in [-0.2, 0) is 9.59 Å². The zero-order valence-corrected chi connectivity index (χ0v) is 14.3. The monoisotopic (exact) mass is 346 g/mol. The lowest BCUT2D eigenvalue weighted by Gasteiger charge is -2.32. The summed E-state index contributed by atoms with van der Waals surface area (Å²) < 4.78 is 0. The molecule has 6 nitrogen and oxygen atoms in total. The van der Waals surface area contributed by atoms with Crippen molar-refractivity contribution in [2.24, 2.45) is 0 Å². The van der Waals surface area contributed by atoms with Crippen LogP contribution in [0, 0.1) is 0 Å². The zero-order chi connectivity index (χ0) is 18.1. The zero-order valence-electron chi connectivity index (χ0n) is 14.3. The van der Waals surface area contributed by atoms with E-state index >= 15 is 0 Å². The maximum atomic E-state index is 12.7. The molecular formula is C20H18N4O2. The third-order valence-electron chi connectivity index (χ3n) is 4.60. The molecule has 1 atom stereocenters. The summed E-state index contributed by atoms with van der Waals surface area (Å²) in [6, 6.07) is 13.1. The number of rotatable bonds is 3. The Hall–Kier alpha value is -3.41. The number of nitrogens with one attached hydrogen (secondary N) is 2. The smallest absolute Gasteiger partial charge is 0.226 e. The molecule has 0 aliphatic carbocycles. The van der Waals surface area contributed by atoms with Gasteiger partial charge in [-0.3, -0.25) is 14.7 Å². The fourth-order valence-electron chi connectivity index (χ4n) is 3.36. The molecular weight excluding hydrogens is 328 g/mol. The Kier molecular flexibility index (Phi) is 4.01. The highest BCUT2D eigenvalue weighted by atomic mass is 16.2. The number of amides is 2. The van der Waals surface area contributed by atoms with E-state index in [9.17, 15) is 9.59 Å². The minimum absolute atomic E-state index is 0.0933. The van der Waals surface area contributed by atoms with E-state index in [0.717, 1.165) is 22.0 Å². The Morgan fingerprint density at radius 3 is 2.88 bits per heavy atom. The van der Waals surface area contributed by atoms with Gasteiger partial charge in [0.25, 0.3) is 0 Å². The summed E-state index contributed by atoms with van der Waals surface area (Å²) in [5.41, 5.74) is 3.46. The fourth-order valence-corrected chi connectivity index (χ4v) is 3.36. The molecule has 0 fully saturated rings. The summed E-state index contributed by atoms with van der Waals surface area (Å²) in [6.07, 6.45) is 5.53. The largest absolute Gasteiger partial charge is 0.324 e. The molecule has 2 N–H and O–H groups in total. The van der Waals surface area contributed by atoms with Gasteiger partial charge in [-0.1, -0.05) is 36.4 Å². The lowest BCUT2D eigenvalue weighted by atomic mass is 9.93. The topological polar surface area (TPSA) is 78.1 Å². The molecule has 4 rings (SSSR count). The van der Waals surface area contributed by atoms with Gasteiger partial charge in [0.1, 0.15) is 0 Å². The van der Waals surface area contributed by atoms with Crippen molar-refractivity contribution >= 4 is 34.5 Å². The Bertz CT molecular complexity index is 1020. The molecule has 2 heterocycles. The summed E-state index contributed by atoms with van der Waals surface area (Å²) in [5, 5.41) is 10.8. The van der Waals surface area contributed by atoms with Gasteiger partial charge in [-0.2, -0.15) is 5.10 Å². The van der Waals surface area contributed by atoms with E-state index in [1.165, 1.54) is 6.92 Å². The molecule has 2 amide bonds. The molecule has 0 spiro atoms. The minimum Gasteiger partial charge on any atom is -0.324 e. The molecule has 0 saturated heterocycles. The van der Waals surface area contributed by atoms with E-state index in [0.29, 0.717) is 5.69 Å². The fraction of sp³-hybridized carbons (Fsp3) is 0.150. The number of para-hydroxylation sites is 1. The van der Waals surface area contributed by atoms with Gasteiger partial charge in [-0.25, -0.2) is 0 Å². The highest BCUT2D eigenvalue weighted by Gasteiger charge is 2.28. The molecule has 1 aliphatic rings. The van der Waals surface area contributed by atoms with Crippen molar-refractivity contribution in [1.82, 2.24) is 15.1 Å². The molecule has 0 saturated carbocycles. The standard InChI is InChI=1S/C20H18N4O2/c1-13(25)24-10-9-14-5-2-3-7-16(14)18(24)11-19(26)22-17-8-4-6-15-12-21-23-20(15)17/h2-10,12,18H,11H2,1H3,(H,21,23)(H,22,26)/t18-/m1/s1. The third kappa shape index (κ3) is 2.86. The van der Waals surface area contributed by atoms with Gasteiger partial charge in [0.15, 0.2) is 0 Å². The normalized spacial score (nSPS) is 15.7. The van der Waals surface area contributed by atoms with Crippen molar-refractivity contribution in [3.63, 3.8) is 0 Å². The summed E-state index contributed by atoms with van der Waals surface area (Å²) in [4.78, 5) is 26.4. The van der Waals surface area contributed by atoms with Crippen molar-refractivity contribution in [3.05, 3.63) is 66.0 Å². The first-order chi connectivity index (χ1) is 12.6. The number of anilines is 1. The lowest BCUT2D eigenvalue weighted by molar-refractivity contribution is -0.129. The van der Waals surface area contributed by atoms with Crippen LogP contribution in [0.5, 0.6) is 0 Å². The number of aromatic amines is 1. The second-order valence-electron chi connectivity index (χ2n) is 6.28. The van der Waals surface area contributed by atoms with Gasteiger partial charge in [0, 0.05) is 18.5 Å². The molecule has 0 unspecified atom stereocenters. The van der Waals surface area contributed by atoms with Crippen LogP contribution in [0.25, 0.3) is 17.0 Å². The van der Waals surface area contributed by atoms with Crippen LogP contribution in [0.2, 0.25) is 0 Å². The molecule has 0 radical (unpaired) electrons. The number of fused-ring (bicyclic) bond motifs is 2. The second kappa shape index (κ2) is 6.48. The maximum Gasteiger partial charge on any atom is 0.226 e. The van der Waals surface area contributed by atoms with Crippen molar-refractivity contribution in [2.45, 2.75) is 19.4 Å². The van der Waals surface area contributed by atoms with E-state index in [1.807, 2.05) is 48.5 Å². The van der Waals surface area contributed by atoms with E-state index in [2.05, 4.69) is 15.5 Å². The van der Waals surface area contributed by atoms with Gasteiger partial charge in [0.2, 0.25) is 11.8 Å². The average molecular weight is 346 g/mol. The molecule has 26 heavy (non-hydrogen) atoms. The number of H-pyrrole nitrogens is 1. The van der Waals surface area contributed by atoms with Crippen molar-refractivity contribution in [2.75, 3.05) is 5.32 Å². The summed E-state index contributed by atoms with van der Waals surface area (Å²) in [6.45, 7) is 1.51. The van der Waals surface area contributed by atoms with Gasteiger partial charge < -0.3 is 10.2 Å². The highest BCUT2D eigenvalue weighted by Crippen LogP contribution is 2.33. The van der Waals surface area contributed by atoms with E-state index in [1.54, 1.807) is 17.3 Å². The van der Waals surface area contributed by atoms with Gasteiger partial charge in [-0.05, 0) is 23.3 Å². The predicted molar refractivity (Wildman–Crippen MR) is 100 cm³/mol. The van der Waals surface area contributed by atoms with Crippen molar-refractivity contribution < 1.29 is 9.59 Å². The first-order valence-electron chi connectivity index (χ1n) is 8.41. The number of aromatic nitrogens is 2. The van der Waals surface area contributed by atoms with E-state index in [-0.39, 0.29) is 24.3 Å². The molecule has 1 aromatic heterocycles. The van der Waals surface area contributed by atoms with Gasteiger partial charge in [-0.15, -0.1) is 0 Å². The average Bonchev–Trinajstić information content (AvgIpc) is 3.11. The Balaban J connectivity index is 1.60. The Morgan fingerprint density at radius 1 is 1.19 bits per heavy atom. The molecule has 2 aromatic carbocycles. The molecule has 6 heteroatoms. The van der Waals surface area contributed by atoms with Crippen molar-refractivity contribution in [3.8, 4) is 0 Å². The second-order valence-corrected chi connectivity index (χ2v) is 6.28. The lowest BCUT2D eigenvalue weighted by Crippen LogP contribution is -2.33. The van der Waals surface area contributed by atoms with Crippen LogP contribution >= 0.6 is 0 Å². The summed E-state index contributed by atoms with van der Waals surface area (Å²) >= 11 is 0. The van der Waals surface area contributed by atoms with Gasteiger partial charge in [0.05, 0.1) is 29.9 Å². The number of hydrogen-bond acceptors (Lipinski definition) is 3. The van der Waals surface area contributed by atoms with E-state index < -0.39 is 0 Å².